The standard InChI is InChI=1S/C8H15NO3/c1-9(2)5-3-4-7(10)6-8(11)12/h3-6H2,1-2H3,(H,11,12). The molecule has 0 saturated carbocycles. The fourth-order valence-corrected chi connectivity index (χ4v) is 0.850. The number of aliphatic carboxylic acids is 1. The summed E-state index contributed by atoms with van der Waals surface area (Å²) in [6.45, 7) is 0.825. The van der Waals surface area contributed by atoms with E-state index in [-0.39, 0.29) is 12.2 Å². The van der Waals surface area contributed by atoms with E-state index in [1.807, 2.05) is 19.0 Å². The van der Waals surface area contributed by atoms with Crippen molar-refractivity contribution in [2.45, 2.75) is 19.3 Å². The van der Waals surface area contributed by atoms with Crippen molar-refractivity contribution in [2.75, 3.05) is 20.6 Å². The van der Waals surface area contributed by atoms with E-state index in [0.29, 0.717) is 6.42 Å². The van der Waals surface area contributed by atoms with Gasteiger partial charge in [-0.25, -0.2) is 0 Å². The molecule has 0 fully saturated rings. The number of carbonyl (C=O) groups is 2. The fraction of sp³-hybridized carbons (Fsp3) is 0.750. The van der Waals surface area contributed by atoms with Crippen LogP contribution in [0.5, 0.6) is 0 Å². The van der Waals surface area contributed by atoms with E-state index in [9.17, 15) is 9.59 Å². The summed E-state index contributed by atoms with van der Waals surface area (Å²) < 4.78 is 0. The molecule has 0 bridgehead atoms. The molecule has 0 aliphatic carbocycles. The van der Waals surface area contributed by atoms with Crippen LogP contribution in [0.1, 0.15) is 19.3 Å². The Morgan fingerprint density at radius 3 is 2.33 bits per heavy atom. The van der Waals surface area contributed by atoms with Crippen LogP contribution >= 0.6 is 0 Å². The minimum absolute atomic E-state index is 0.190. The Morgan fingerprint density at radius 1 is 1.33 bits per heavy atom. The van der Waals surface area contributed by atoms with Crippen LogP contribution in [0.3, 0.4) is 0 Å². The van der Waals surface area contributed by atoms with E-state index in [2.05, 4.69) is 0 Å². The van der Waals surface area contributed by atoms with E-state index in [4.69, 9.17) is 5.11 Å². The van der Waals surface area contributed by atoms with Crippen LogP contribution in [0, 0.1) is 0 Å². The highest BCUT2D eigenvalue weighted by molar-refractivity contribution is 5.94. The number of rotatable bonds is 6. The Hall–Kier alpha value is -0.900. The molecule has 0 aliphatic rings. The van der Waals surface area contributed by atoms with Gasteiger partial charge >= 0.3 is 5.97 Å². The highest BCUT2D eigenvalue weighted by Gasteiger charge is 2.06. The first-order valence-electron chi connectivity index (χ1n) is 3.90. The predicted octanol–water partition coefficient (Wildman–Crippen LogP) is 0.372. The number of Topliss-reactive ketones (excluding diaryl/α,β-unsaturated/α-hetero) is 1. The molecule has 0 unspecified atom stereocenters. The summed E-state index contributed by atoms with van der Waals surface area (Å²) in [5.74, 6) is -1.23. The number of hydrogen-bond acceptors (Lipinski definition) is 3. The summed E-state index contributed by atoms with van der Waals surface area (Å²) in [7, 11) is 3.84. The van der Waals surface area contributed by atoms with Crippen molar-refractivity contribution in [1.29, 1.82) is 0 Å². The maximum atomic E-state index is 10.8. The van der Waals surface area contributed by atoms with Crippen LogP contribution in [-0.4, -0.2) is 42.4 Å². The summed E-state index contributed by atoms with van der Waals surface area (Å²) in [5.41, 5.74) is 0. The Morgan fingerprint density at radius 2 is 1.92 bits per heavy atom. The van der Waals surface area contributed by atoms with Crippen molar-refractivity contribution in [2.24, 2.45) is 0 Å². The highest BCUT2D eigenvalue weighted by atomic mass is 16.4. The van der Waals surface area contributed by atoms with Gasteiger partial charge < -0.3 is 10.0 Å². The molecule has 4 nitrogen and oxygen atoms in total. The normalized spacial score (nSPS) is 10.2. The summed E-state index contributed by atoms with van der Waals surface area (Å²) in [6, 6.07) is 0. The first-order valence-corrected chi connectivity index (χ1v) is 3.90. The second kappa shape index (κ2) is 5.71. The van der Waals surface area contributed by atoms with Crippen molar-refractivity contribution < 1.29 is 14.7 Å². The molecule has 0 amide bonds. The molecule has 0 radical (unpaired) electrons. The number of carbonyl (C=O) groups excluding carboxylic acids is 1. The van der Waals surface area contributed by atoms with Gasteiger partial charge in [0, 0.05) is 6.42 Å². The van der Waals surface area contributed by atoms with E-state index < -0.39 is 5.97 Å². The molecule has 12 heavy (non-hydrogen) atoms. The van der Waals surface area contributed by atoms with Crippen molar-refractivity contribution in [1.82, 2.24) is 4.90 Å². The van der Waals surface area contributed by atoms with Gasteiger partial charge in [-0.05, 0) is 27.1 Å². The number of carboxylic acids is 1. The lowest BCUT2D eigenvalue weighted by Crippen LogP contribution is -2.15. The zero-order chi connectivity index (χ0) is 9.56. The first-order chi connectivity index (χ1) is 5.52. The molecule has 0 aromatic heterocycles. The molecule has 0 aromatic carbocycles. The van der Waals surface area contributed by atoms with Crippen LogP contribution in [0.2, 0.25) is 0 Å². The van der Waals surface area contributed by atoms with Gasteiger partial charge in [-0.15, -0.1) is 0 Å². The quantitative estimate of drug-likeness (QED) is 0.590. The van der Waals surface area contributed by atoms with Crippen LogP contribution in [0.15, 0.2) is 0 Å². The molecule has 1 N–H and O–H groups in total. The summed E-state index contributed by atoms with van der Waals surface area (Å²) in [5, 5.41) is 8.26. The molecule has 0 aromatic rings. The second-order valence-electron chi connectivity index (χ2n) is 3.02. The van der Waals surface area contributed by atoms with Crippen LogP contribution in [-0.2, 0) is 9.59 Å². The van der Waals surface area contributed by atoms with Gasteiger partial charge in [0.25, 0.3) is 0 Å². The Bertz CT molecular complexity index is 166. The van der Waals surface area contributed by atoms with Gasteiger partial charge in [-0.3, -0.25) is 9.59 Å². The molecule has 0 saturated heterocycles. The zero-order valence-electron chi connectivity index (χ0n) is 7.54. The number of hydrogen-bond donors (Lipinski definition) is 1. The lowest BCUT2D eigenvalue weighted by atomic mass is 10.1. The predicted molar refractivity (Wildman–Crippen MR) is 45.0 cm³/mol. The smallest absolute Gasteiger partial charge is 0.310 e. The Balaban J connectivity index is 3.38. The zero-order valence-corrected chi connectivity index (χ0v) is 7.54. The van der Waals surface area contributed by atoms with Gasteiger partial charge in [0.1, 0.15) is 12.2 Å². The molecule has 0 heterocycles. The number of ketones is 1. The molecule has 0 rings (SSSR count). The number of nitrogens with zero attached hydrogens (tertiary/aromatic N) is 1. The maximum absolute atomic E-state index is 10.8. The topological polar surface area (TPSA) is 57.6 Å². The fourth-order valence-electron chi connectivity index (χ4n) is 0.850. The summed E-state index contributed by atoms with van der Waals surface area (Å²) >= 11 is 0. The van der Waals surface area contributed by atoms with E-state index >= 15 is 0 Å². The molecule has 70 valence electrons. The largest absolute Gasteiger partial charge is 0.481 e. The molecule has 4 heteroatoms. The van der Waals surface area contributed by atoms with E-state index in [1.165, 1.54) is 0 Å². The molecular formula is C8H15NO3. The minimum Gasteiger partial charge on any atom is -0.481 e. The Labute approximate surface area is 72.2 Å². The average molecular weight is 173 g/mol. The molecule has 0 spiro atoms. The lowest BCUT2D eigenvalue weighted by molar-refractivity contribution is -0.140. The third-order valence-electron chi connectivity index (χ3n) is 1.41. The SMILES string of the molecule is CN(C)CCCC(=O)CC(=O)O. The monoisotopic (exact) mass is 173 g/mol. The molecular weight excluding hydrogens is 158 g/mol. The van der Waals surface area contributed by atoms with Crippen LogP contribution in [0.25, 0.3) is 0 Å². The van der Waals surface area contributed by atoms with E-state index in [1.54, 1.807) is 0 Å². The summed E-state index contributed by atoms with van der Waals surface area (Å²) in [4.78, 5) is 22.9. The minimum atomic E-state index is -1.04. The van der Waals surface area contributed by atoms with E-state index in [0.717, 1.165) is 13.0 Å². The van der Waals surface area contributed by atoms with Gasteiger partial charge in [0.05, 0.1) is 0 Å². The molecule has 0 atom stereocenters. The van der Waals surface area contributed by atoms with Crippen molar-refractivity contribution in [3.63, 3.8) is 0 Å². The van der Waals surface area contributed by atoms with Crippen LogP contribution in [0.4, 0.5) is 0 Å². The van der Waals surface area contributed by atoms with Gasteiger partial charge in [0.15, 0.2) is 0 Å². The third kappa shape index (κ3) is 7.21. The average Bonchev–Trinajstić information content (AvgIpc) is 1.84. The van der Waals surface area contributed by atoms with Gasteiger partial charge in [-0.1, -0.05) is 0 Å². The van der Waals surface area contributed by atoms with Crippen LogP contribution < -0.4 is 0 Å². The maximum Gasteiger partial charge on any atom is 0.310 e. The third-order valence-corrected chi connectivity index (χ3v) is 1.41. The Kier molecular flexibility index (Phi) is 5.28. The first kappa shape index (κ1) is 11.1. The highest BCUT2D eigenvalue weighted by Crippen LogP contribution is 1.95. The molecule has 0 aliphatic heterocycles. The van der Waals surface area contributed by atoms with Crippen molar-refractivity contribution >= 4 is 11.8 Å². The van der Waals surface area contributed by atoms with Crippen molar-refractivity contribution in [3.8, 4) is 0 Å². The van der Waals surface area contributed by atoms with Gasteiger partial charge in [0.2, 0.25) is 0 Å². The summed E-state index contributed by atoms with van der Waals surface area (Å²) in [6.07, 6.45) is 0.761. The number of carboxylic acid groups (broad SMARTS) is 1. The van der Waals surface area contributed by atoms with Gasteiger partial charge in [-0.2, -0.15) is 0 Å². The second-order valence-corrected chi connectivity index (χ2v) is 3.02. The lowest BCUT2D eigenvalue weighted by Gasteiger charge is -2.07. The van der Waals surface area contributed by atoms with Crippen molar-refractivity contribution in [3.05, 3.63) is 0 Å².